The normalized spacial score (nSPS) is 11.6. The molecule has 4 heteroatoms. The Morgan fingerprint density at radius 1 is 1.44 bits per heavy atom. The van der Waals surface area contributed by atoms with Crippen LogP contribution in [0.2, 0.25) is 0 Å². The van der Waals surface area contributed by atoms with Gasteiger partial charge in [0.15, 0.2) is 0 Å². The molecule has 1 rings (SSSR count). The Hall–Kier alpha value is -2.10. The van der Waals surface area contributed by atoms with Crippen LogP contribution in [-0.2, 0) is 9.59 Å². The molecule has 18 heavy (non-hydrogen) atoms. The molecular weight excluding hydrogens is 230 g/mol. The number of carboxylic acids is 1. The average molecular weight is 247 g/mol. The molecule has 0 aliphatic heterocycles. The number of carboxylic acid groups (broad SMARTS) is 1. The minimum Gasteiger partial charge on any atom is -0.481 e. The molecule has 0 heterocycles. The molecule has 0 aromatic heterocycles. The van der Waals surface area contributed by atoms with Crippen molar-refractivity contribution in [2.24, 2.45) is 0 Å². The van der Waals surface area contributed by atoms with Gasteiger partial charge in [0.25, 0.3) is 0 Å². The molecule has 1 aromatic rings. The van der Waals surface area contributed by atoms with Crippen LogP contribution in [0.3, 0.4) is 0 Å². The monoisotopic (exact) mass is 247 g/mol. The molecule has 1 unspecified atom stereocenters. The Kier molecular flexibility index (Phi) is 5.11. The summed E-state index contributed by atoms with van der Waals surface area (Å²) in [6, 6.07) is 7.32. The second kappa shape index (κ2) is 6.59. The number of rotatable bonds is 6. The summed E-state index contributed by atoms with van der Waals surface area (Å²) in [7, 11) is 0. The third kappa shape index (κ3) is 3.73. The highest BCUT2D eigenvalue weighted by molar-refractivity contribution is 5.88. The Balaban J connectivity index is 2.97. The minimum absolute atomic E-state index is 0.214. The molecule has 96 valence electrons. The number of aliphatic carboxylic acids is 1. The fourth-order valence-corrected chi connectivity index (χ4v) is 1.79. The van der Waals surface area contributed by atoms with Gasteiger partial charge in [-0.1, -0.05) is 30.3 Å². The fourth-order valence-electron chi connectivity index (χ4n) is 1.79. The zero-order valence-electron chi connectivity index (χ0n) is 10.3. The van der Waals surface area contributed by atoms with Crippen molar-refractivity contribution in [3.8, 4) is 0 Å². The first kappa shape index (κ1) is 14.0. The SMILES string of the molecule is C=CCNC(=O)C(CC(=O)O)c1ccccc1C. The standard InChI is InChI=1S/C14H17NO3/c1-3-8-15-14(18)12(9-13(16)17)11-7-5-4-6-10(11)2/h3-7,12H,1,8-9H2,2H3,(H,15,18)(H,16,17). The Labute approximate surface area is 106 Å². The van der Waals surface area contributed by atoms with Gasteiger partial charge in [-0.3, -0.25) is 9.59 Å². The van der Waals surface area contributed by atoms with Crippen molar-refractivity contribution >= 4 is 11.9 Å². The highest BCUT2D eigenvalue weighted by Crippen LogP contribution is 2.23. The quantitative estimate of drug-likeness (QED) is 0.754. The highest BCUT2D eigenvalue weighted by atomic mass is 16.4. The van der Waals surface area contributed by atoms with Crippen molar-refractivity contribution in [2.75, 3.05) is 6.54 Å². The largest absolute Gasteiger partial charge is 0.481 e. The summed E-state index contributed by atoms with van der Waals surface area (Å²) in [5, 5.41) is 11.6. The van der Waals surface area contributed by atoms with Gasteiger partial charge >= 0.3 is 5.97 Å². The molecule has 4 nitrogen and oxygen atoms in total. The summed E-state index contributed by atoms with van der Waals surface area (Å²) in [4.78, 5) is 22.8. The number of nitrogens with one attached hydrogen (secondary N) is 1. The Morgan fingerprint density at radius 3 is 2.67 bits per heavy atom. The number of benzene rings is 1. The van der Waals surface area contributed by atoms with E-state index in [0.29, 0.717) is 6.54 Å². The van der Waals surface area contributed by atoms with E-state index in [-0.39, 0.29) is 12.3 Å². The number of hydrogen-bond donors (Lipinski definition) is 2. The van der Waals surface area contributed by atoms with Crippen LogP contribution < -0.4 is 5.32 Å². The third-order valence-electron chi connectivity index (χ3n) is 2.68. The number of amides is 1. The van der Waals surface area contributed by atoms with E-state index >= 15 is 0 Å². The van der Waals surface area contributed by atoms with Gasteiger partial charge in [0.1, 0.15) is 0 Å². The summed E-state index contributed by atoms with van der Waals surface area (Å²) in [6.45, 7) is 5.71. The van der Waals surface area contributed by atoms with E-state index in [9.17, 15) is 9.59 Å². The predicted octanol–water partition coefficient (Wildman–Crippen LogP) is 1.86. The van der Waals surface area contributed by atoms with Gasteiger partial charge in [0, 0.05) is 6.54 Å². The number of hydrogen-bond acceptors (Lipinski definition) is 2. The molecular formula is C14H17NO3. The minimum atomic E-state index is -0.989. The van der Waals surface area contributed by atoms with Gasteiger partial charge in [-0.25, -0.2) is 0 Å². The molecule has 0 aliphatic carbocycles. The zero-order chi connectivity index (χ0) is 13.5. The van der Waals surface area contributed by atoms with Crippen LogP contribution in [0.5, 0.6) is 0 Å². The van der Waals surface area contributed by atoms with Crippen molar-refractivity contribution in [1.29, 1.82) is 0 Å². The van der Waals surface area contributed by atoms with Crippen LogP contribution in [0, 0.1) is 6.92 Å². The smallest absolute Gasteiger partial charge is 0.304 e. The van der Waals surface area contributed by atoms with Crippen molar-refractivity contribution in [3.05, 3.63) is 48.0 Å². The lowest BCUT2D eigenvalue weighted by atomic mass is 9.91. The lowest BCUT2D eigenvalue weighted by Gasteiger charge is -2.16. The molecule has 1 aromatic carbocycles. The van der Waals surface area contributed by atoms with E-state index in [2.05, 4.69) is 11.9 Å². The third-order valence-corrected chi connectivity index (χ3v) is 2.68. The molecule has 0 bridgehead atoms. The molecule has 0 spiro atoms. The van der Waals surface area contributed by atoms with E-state index in [4.69, 9.17) is 5.11 Å². The van der Waals surface area contributed by atoms with Crippen molar-refractivity contribution in [2.45, 2.75) is 19.3 Å². The van der Waals surface area contributed by atoms with Crippen molar-refractivity contribution in [1.82, 2.24) is 5.32 Å². The van der Waals surface area contributed by atoms with E-state index in [1.54, 1.807) is 18.2 Å². The maximum atomic E-state index is 12.0. The van der Waals surface area contributed by atoms with Crippen LogP contribution in [0.4, 0.5) is 0 Å². The second-order valence-electron chi connectivity index (χ2n) is 4.04. The van der Waals surface area contributed by atoms with Gasteiger partial charge in [-0.05, 0) is 18.1 Å². The highest BCUT2D eigenvalue weighted by Gasteiger charge is 2.24. The van der Waals surface area contributed by atoms with Gasteiger partial charge in [0.05, 0.1) is 12.3 Å². The first-order valence-corrected chi connectivity index (χ1v) is 5.72. The molecule has 0 saturated heterocycles. The maximum Gasteiger partial charge on any atom is 0.304 e. The van der Waals surface area contributed by atoms with Crippen LogP contribution in [-0.4, -0.2) is 23.5 Å². The van der Waals surface area contributed by atoms with Gasteiger partial charge < -0.3 is 10.4 Å². The van der Waals surface area contributed by atoms with Crippen LogP contribution in [0.25, 0.3) is 0 Å². The molecule has 0 aliphatic rings. The topological polar surface area (TPSA) is 66.4 Å². The average Bonchev–Trinajstić information content (AvgIpc) is 2.34. The second-order valence-corrected chi connectivity index (χ2v) is 4.04. The van der Waals surface area contributed by atoms with E-state index in [0.717, 1.165) is 11.1 Å². The Morgan fingerprint density at radius 2 is 2.11 bits per heavy atom. The lowest BCUT2D eigenvalue weighted by molar-refractivity contribution is -0.139. The molecule has 1 amide bonds. The van der Waals surface area contributed by atoms with Crippen molar-refractivity contribution < 1.29 is 14.7 Å². The Bertz CT molecular complexity index is 454. The number of carbonyl (C=O) groups excluding carboxylic acids is 1. The number of aryl methyl sites for hydroxylation is 1. The van der Waals surface area contributed by atoms with E-state index in [1.165, 1.54) is 0 Å². The van der Waals surface area contributed by atoms with E-state index in [1.807, 2.05) is 19.1 Å². The fraction of sp³-hybridized carbons (Fsp3) is 0.286. The first-order valence-electron chi connectivity index (χ1n) is 5.72. The summed E-state index contributed by atoms with van der Waals surface area (Å²) >= 11 is 0. The predicted molar refractivity (Wildman–Crippen MR) is 69.4 cm³/mol. The zero-order valence-corrected chi connectivity index (χ0v) is 10.3. The van der Waals surface area contributed by atoms with Crippen molar-refractivity contribution in [3.63, 3.8) is 0 Å². The molecule has 0 saturated carbocycles. The summed E-state index contributed by atoms with van der Waals surface area (Å²) in [5.74, 6) is -1.94. The van der Waals surface area contributed by atoms with Crippen LogP contribution in [0.15, 0.2) is 36.9 Å². The van der Waals surface area contributed by atoms with Gasteiger partial charge in [0.2, 0.25) is 5.91 Å². The summed E-state index contributed by atoms with van der Waals surface area (Å²) in [5.41, 5.74) is 1.67. The van der Waals surface area contributed by atoms with E-state index < -0.39 is 11.9 Å². The molecule has 2 N–H and O–H groups in total. The molecule has 1 atom stereocenters. The maximum absolute atomic E-state index is 12.0. The van der Waals surface area contributed by atoms with Gasteiger partial charge in [-0.15, -0.1) is 6.58 Å². The number of carbonyl (C=O) groups is 2. The summed E-state index contributed by atoms with van der Waals surface area (Å²) in [6.07, 6.45) is 1.35. The van der Waals surface area contributed by atoms with Crippen LogP contribution >= 0.6 is 0 Å². The molecule has 0 fully saturated rings. The molecule has 0 radical (unpaired) electrons. The van der Waals surface area contributed by atoms with Crippen LogP contribution in [0.1, 0.15) is 23.5 Å². The first-order chi connectivity index (χ1) is 8.56. The lowest BCUT2D eigenvalue weighted by Crippen LogP contribution is -2.31. The summed E-state index contributed by atoms with van der Waals surface area (Å²) < 4.78 is 0. The van der Waals surface area contributed by atoms with Gasteiger partial charge in [-0.2, -0.15) is 0 Å².